The minimum absolute atomic E-state index is 0. The largest absolute Gasteiger partial charge is 1.00 e. The molecule has 0 heterocycles. The molecule has 0 amide bonds. The molecule has 0 saturated carbocycles. The Labute approximate surface area is 184 Å². The van der Waals surface area contributed by atoms with Crippen LogP contribution in [0.5, 0.6) is 0 Å². The molecule has 0 aromatic heterocycles. The van der Waals surface area contributed by atoms with Crippen molar-refractivity contribution in [2.24, 2.45) is 0 Å². The summed E-state index contributed by atoms with van der Waals surface area (Å²) in [6, 6.07) is 3.04. The Kier molecular flexibility index (Phi) is 14.8. The summed E-state index contributed by atoms with van der Waals surface area (Å²) in [7, 11) is 11.9. The molecule has 6 heteroatoms. The fourth-order valence-electron chi connectivity index (χ4n) is 3.54. The van der Waals surface area contributed by atoms with E-state index in [-0.39, 0.29) is 48.0 Å². The van der Waals surface area contributed by atoms with E-state index < -0.39 is 16.1 Å². The van der Waals surface area contributed by atoms with Gasteiger partial charge in [0.1, 0.15) is 0 Å². The zero-order valence-corrected chi connectivity index (χ0v) is 23.9. The number of rotatable bonds is 10. The van der Waals surface area contributed by atoms with Gasteiger partial charge in [-0.25, -0.2) is 0 Å². The zero-order chi connectivity index (χ0) is 16.9. The van der Waals surface area contributed by atoms with Crippen LogP contribution in [0.4, 0.5) is 0 Å². The average molecular weight is 587 g/mol. The van der Waals surface area contributed by atoms with Crippen molar-refractivity contribution in [1.29, 1.82) is 0 Å². The van der Waals surface area contributed by atoms with Crippen LogP contribution < -0.4 is 48.0 Å². The van der Waals surface area contributed by atoms with Gasteiger partial charge >= 0.3 is 0 Å². The highest BCUT2D eigenvalue weighted by Crippen LogP contribution is 2.28. The highest BCUT2D eigenvalue weighted by molar-refractivity contribution is 6.95. The van der Waals surface area contributed by atoms with Gasteiger partial charge in [-0.3, -0.25) is 0 Å². The first-order valence-corrected chi connectivity index (χ1v) is 15.6. The molecule has 0 rings (SSSR count). The lowest BCUT2D eigenvalue weighted by molar-refractivity contribution is -0.870. The van der Waals surface area contributed by atoms with Gasteiger partial charge in [-0.05, 0) is 12.8 Å². The normalized spacial score (nSPS) is 13.3. The Balaban J connectivity index is -0.00000200. The third kappa shape index (κ3) is 20.0. The standard InChI is InChI=1S/C17H44N2Si2.2HI/c1-18(2,3)13-11-15-20(7,8)17-21(9,10)16-12-14-19(4,5)6;;/h11-17H2,1-10H3;2*1H/q+2;;/p-2. The van der Waals surface area contributed by atoms with E-state index in [0.717, 1.165) is 8.97 Å². The molecule has 0 radical (unpaired) electrons. The van der Waals surface area contributed by atoms with Gasteiger partial charge in [-0.2, -0.15) is 0 Å². The first kappa shape index (κ1) is 29.6. The molecule has 0 fully saturated rings. The molecular formula is C17H44I2N2Si2. The lowest BCUT2D eigenvalue weighted by Crippen LogP contribution is -3.00. The first-order valence-electron chi connectivity index (χ1n) is 8.73. The van der Waals surface area contributed by atoms with Crippen LogP contribution in [0, 0.1) is 0 Å². The summed E-state index contributed by atoms with van der Waals surface area (Å²) in [5, 5.41) is 0. The van der Waals surface area contributed by atoms with Crippen molar-refractivity contribution < 1.29 is 56.9 Å². The van der Waals surface area contributed by atoms with Crippen LogP contribution in [0.2, 0.25) is 43.9 Å². The van der Waals surface area contributed by atoms with Crippen molar-refractivity contribution in [2.45, 2.75) is 56.8 Å². The van der Waals surface area contributed by atoms with Crippen molar-refractivity contribution in [3.05, 3.63) is 0 Å². The topological polar surface area (TPSA) is 0 Å². The van der Waals surface area contributed by atoms with Crippen LogP contribution in [0.1, 0.15) is 12.8 Å². The van der Waals surface area contributed by atoms with Gasteiger partial charge in [0.2, 0.25) is 0 Å². The maximum absolute atomic E-state index is 2.64. The van der Waals surface area contributed by atoms with Gasteiger partial charge in [0.15, 0.2) is 0 Å². The van der Waals surface area contributed by atoms with Crippen LogP contribution in [0.3, 0.4) is 0 Å². The van der Waals surface area contributed by atoms with Crippen molar-refractivity contribution in [1.82, 2.24) is 0 Å². The predicted octanol–water partition coefficient (Wildman–Crippen LogP) is -1.86. The fourth-order valence-corrected chi connectivity index (χ4v) is 17.5. The Hall–Kier alpha value is 1.81. The van der Waals surface area contributed by atoms with E-state index in [1.807, 2.05) is 0 Å². The highest BCUT2D eigenvalue weighted by Gasteiger charge is 2.32. The van der Waals surface area contributed by atoms with Crippen molar-refractivity contribution >= 4 is 16.1 Å². The molecule has 0 spiro atoms. The summed E-state index contributed by atoms with van der Waals surface area (Å²) >= 11 is 0. The molecule has 144 valence electrons. The Bertz CT molecular complexity index is 279. The molecule has 0 aliphatic heterocycles. The smallest absolute Gasteiger partial charge is 0.0777 e. The van der Waals surface area contributed by atoms with E-state index in [4.69, 9.17) is 0 Å². The number of hydrogen-bond acceptors (Lipinski definition) is 0. The van der Waals surface area contributed by atoms with E-state index in [0.29, 0.717) is 0 Å². The summed E-state index contributed by atoms with van der Waals surface area (Å²) in [6.07, 6.45) is 2.85. The molecule has 0 N–H and O–H groups in total. The van der Waals surface area contributed by atoms with Gasteiger partial charge in [-0.15, -0.1) is 0 Å². The lowest BCUT2D eigenvalue weighted by atomic mass is 10.4. The third-order valence-corrected chi connectivity index (χ3v) is 15.4. The maximum atomic E-state index is 2.64. The van der Waals surface area contributed by atoms with Gasteiger partial charge in [0.05, 0.1) is 55.4 Å². The Morgan fingerprint density at radius 1 is 0.565 bits per heavy atom. The van der Waals surface area contributed by atoms with Crippen molar-refractivity contribution in [3.8, 4) is 0 Å². The van der Waals surface area contributed by atoms with Crippen LogP contribution in [-0.2, 0) is 0 Å². The van der Waals surface area contributed by atoms with Gasteiger partial charge in [-0.1, -0.05) is 43.9 Å². The average Bonchev–Trinajstić information content (AvgIpc) is 2.09. The summed E-state index contributed by atoms with van der Waals surface area (Å²) < 4.78 is 2.24. The molecule has 0 aromatic rings. The minimum Gasteiger partial charge on any atom is -1.00 e. The van der Waals surface area contributed by atoms with Gasteiger partial charge in [0.25, 0.3) is 0 Å². The molecule has 0 aliphatic rings. The molecular weight excluding hydrogens is 542 g/mol. The molecule has 0 atom stereocenters. The molecule has 0 unspecified atom stereocenters. The fraction of sp³-hybridized carbons (Fsp3) is 1.00. The van der Waals surface area contributed by atoms with E-state index in [2.05, 4.69) is 68.5 Å². The quantitative estimate of drug-likeness (QED) is 0.160. The van der Waals surface area contributed by atoms with E-state index in [9.17, 15) is 0 Å². The van der Waals surface area contributed by atoms with Gasteiger partial charge in [0, 0.05) is 16.1 Å². The first-order chi connectivity index (χ1) is 9.12. The van der Waals surface area contributed by atoms with Gasteiger partial charge < -0.3 is 56.9 Å². The van der Waals surface area contributed by atoms with Crippen LogP contribution >= 0.6 is 0 Å². The van der Waals surface area contributed by atoms with Crippen molar-refractivity contribution in [3.63, 3.8) is 0 Å². The number of hydrogen-bond donors (Lipinski definition) is 0. The van der Waals surface area contributed by atoms with E-state index in [1.165, 1.54) is 38.0 Å². The van der Waals surface area contributed by atoms with E-state index in [1.54, 1.807) is 5.67 Å². The summed E-state index contributed by atoms with van der Waals surface area (Å²) in [6.45, 7) is 13.2. The molecule has 0 aromatic carbocycles. The molecule has 0 saturated heterocycles. The number of nitrogens with zero attached hydrogens (tertiary/aromatic N) is 2. The highest BCUT2D eigenvalue weighted by atomic mass is 127. The zero-order valence-electron chi connectivity index (χ0n) is 17.6. The number of halogens is 2. The third-order valence-electron chi connectivity index (χ3n) is 4.32. The summed E-state index contributed by atoms with van der Waals surface area (Å²) in [5.41, 5.74) is 1.62. The minimum atomic E-state index is -0.988. The Morgan fingerprint density at radius 3 is 1.04 bits per heavy atom. The second-order valence-electron chi connectivity index (χ2n) is 10.7. The second kappa shape index (κ2) is 11.5. The van der Waals surface area contributed by atoms with E-state index >= 15 is 0 Å². The SMILES string of the molecule is C[N+](C)(C)CCC[Si](C)(C)C[Si](C)(C)CCC[N+](C)(C)C.[I-].[I-]. The molecule has 2 nitrogen and oxygen atoms in total. The Morgan fingerprint density at radius 2 is 0.826 bits per heavy atom. The number of quaternary nitrogens is 2. The summed E-state index contributed by atoms with van der Waals surface area (Å²) in [4.78, 5) is 0. The van der Waals surface area contributed by atoms with Crippen LogP contribution in [0.25, 0.3) is 0 Å². The summed E-state index contributed by atoms with van der Waals surface area (Å²) in [5.74, 6) is 0. The second-order valence-corrected chi connectivity index (χ2v) is 21.8. The van der Waals surface area contributed by atoms with Crippen molar-refractivity contribution in [2.75, 3.05) is 55.4 Å². The van der Waals surface area contributed by atoms with Crippen LogP contribution in [0.15, 0.2) is 0 Å². The van der Waals surface area contributed by atoms with Crippen LogP contribution in [-0.4, -0.2) is 80.5 Å². The molecule has 0 bridgehead atoms. The molecule has 23 heavy (non-hydrogen) atoms. The predicted molar refractivity (Wildman–Crippen MR) is 104 cm³/mol. The molecule has 0 aliphatic carbocycles. The maximum Gasteiger partial charge on any atom is 0.0777 e. The lowest BCUT2D eigenvalue weighted by Gasteiger charge is -2.34. The monoisotopic (exact) mass is 586 g/mol.